The number of carbonyl (C=O) groups is 1. The summed E-state index contributed by atoms with van der Waals surface area (Å²) >= 11 is 0. The maximum Gasteiger partial charge on any atom is 0.333 e. The lowest BCUT2D eigenvalue weighted by atomic mass is 9.97. The molecule has 1 aliphatic carbocycles. The predicted molar refractivity (Wildman–Crippen MR) is 111 cm³/mol. The Morgan fingerprint density at radius 3 is 2.37 bits per heavy atom. The van der Waals surface area contributed by atoms with Crippen molar-refractivity contribution in [3.05, 3.63) is 59.2 Å². The largest absolute Gasteiger partial charge is 0.466 e. The van der Waals surface area contributed by atoms with E-state index < -0.39 is 0 Å². The number of hydrogen-bond acceptors (Lipinski definition) is 3. The minimum absolute atomic E-state index is 0.209. The molecule has 1 saturated heterocycles. The molecule has 0 saturated carbocycles. The van der Waals surface area contributed by atoms with Crippen molar-refractivity contribution in [1.82, 2.24) is 0 Å². The minimum Gasteiger partial charge on any atom is -0.466 e. The third kappa shape index (κ3) is 3.92. The fourth-order valence-corrected chi connectivity index (χ4v) is 4.17. The summed E-state index contributed by atoms with van der Waals surface area (Å²) in [4.78, 5) is 14.5. The number of piperidine rings is 1. The van der Waals surface area contributed by atoms with Gasteiger partial charge in [0, 0.05) is 24.4 Å². The van der Waals surface area contributed by atoms with E-state index in [9.17, 15) is 4.79 Å². The Morgan fingerprint density at radius 1 is 0.889 bits per heavy atom. The van der Waals surface area contributed by atoms with Crippen LogP contribution in [0.3, 0.4) is 0 Å². The first-order chi connectivity index (χ1) is 13.2. The lowest BCUT2D eigenvalue weighted by Gasteiger charge is -2.28. The Bertz CT molecular complexity index is 845. The van der Waals surface area contributed by atoms with Crippen LogP contribution in [-0.2, 0) is 16.0 Å². The summed E-state index contributed by atoms with van der Waals surface area (Å²) in [5, 5.41) is 0. The second kappa shape index (κ2) is 7.99. The van der Waals surface area contributed by atoms with Gasteiger partial charge in [-0.2, -0.15) is 0 Å². The molecule has 1 aliphatic heterocycles. The summed E-state index contributed by atoms with van der Waals surface area (Å²) in [5.41, 5.74) is 6.96. The van der Waals surface area contributed by atoms with Gasteiger partial charge in [0.2, 0.25) is 0 Å². The SMILES string of the molecule is COC(=O)C1=Cc2cc(-c3ccc(N4CCCCC4)cc3)ccc2CCC1. The van der Waals surface area contributed by atoms with Gasteiger partial charge in [-0.1, -0.05) is 24.3 Å². The summed E-state index contributed by atoms with van der Waals surface area (Å²) in [5.74, 6) is -0.209. The van der Waals surface area contributed by atoms with Gasteiger partial charge in [0.15, 0.2) is 0 Å². The van der Waals surface area contributed by atoms with Crippen molar-refractivity contribution in [3.8, 4) is 11.1 Å². The van der Waals surface area contributed by atoms with Crippen LogP contribution in [0.25, 0.3) is 17.2 Å². The molecule has 0 spiro atoms. The number of methoxy groups -OCH3 is 1. The summed E-state index contributed by atoms with van der Waals surface area (Å²) in [6, 6.07) is 15.5. The van der Waals surface area contributed by atoms with E-state index in [0.717, 1.165) is 30.4 Å². The van der Waals surface area contributed by atoms with Crippen molar-refractivity contribution in [1.29, 1.82) is 0 Å². The lowest BCUT2D eigenvalue weighted by Crippen LogP contribution is -2.29. The van der Waals surface area contributed by atoms with Gasteiger partial charge in [-0.15, -0.1) is 0 Å². The van der Waals surface area contributed by atoms with Crippen LogP contribution in [0, 0.1) is 0 Å². The average molecular weight is 361 g/mol. The minimum atomic E-state index is -0.209. The van der Waals surface area contributed by atoms with Crippen LogP contribution < -0.4 is 4.90 Å². The summed E-state index contributed by atoms with van der Waals surface area (Å²) < 4.78 is 4.93. The van der Waals surface area contributed by atoms with Crippen molar-refractivity contribution >= 4 is 17.7 Å². The highest BCUT2D eigenvalue weighted by molar-refractivity contribution is 5.94. The Balaban J connectivity index is 1.61. The Kier molecular flexibility index (Phi) is 5.28. The van der Waals surface area contributed by atoms with Gasteiger partial charge in [0.25, 0.3) is 0 Å². The number of aryl methyl sites for hydroxylation is 1. The number of hydrogen-bond donors (Lipinski definition) is 0. The second-order valence-corrected chi connectivity index (χ2v) is 7.52. The van der Waals surface area contributed by atoms with E-state index in [4.69, 9.17) is 4.74 Å². The highest BCUT2D eigenvalue weighted by Crippen LogP contribution is 2.30. The van der Waals surface area contributed by atoms with Gasteiger partial charge < -0.3 is 9.64 Å². The van der Waals surface area contributed by atoms with Gasteiger partial charge in [-0.05, 0) is 85.1 Å². The number of benzene rings is 2. The fraction of sp³-hybridized carbons (Fsp3) is 0.375. The van der Waals surface area contributed by atoms with E-state index in [2.05, 4.69) is 47.4 Å². The average Bonchev–Trinajstić information content (AvgIpc) is 2.96. The van der Waals surface area contributed by atoms with Gasteiger partial charge in [0.1, 0.15) is 0 Å². The van der Waals surface area contributed by atoms with Gasteiger partial charge in [0.05, 0.1) is 7.11 Å². The molecule has 2 aromatic carbocycles. The van der Waals surface area contributed by atoms with E-state index in [1.165, 1.54) is 61.8 Å². The zero-order chi connectivity index (χ0) is 18.6. The molecule has 1 heterocycles. The Morgan fingerprint density at radius 2 is 1.63 bits per heavy atom. The first-order valence-corrected chi connectivity index (χ1v) is 10.0. The summed E-state index contributed by atoms with van der Waals surface area (Å²) in [7, 11) is 1.45. The van der Waals surface area contributed by atoms with Crippen molar-refractivity contribution < 1.29 is 9.53 Å². The molecule has 0 N–H and O–H groups in total. The van der Waals surface area contributed by atoms with Crippen LogP contribution in [0.4, 0.5) is 5.69 Å². The Labute approximate surface area is 161 Å². The maximum absolute atomic E-state index is 12.0. The number of esters is 1. The quantitative estimate of drug-likeness (QED) is 0.701. The van der Waals surface area contributed by atoms with E-state index in [0.29, 0.717) is 0 Å². The number of carbonyl (C=O) groups excluding carboxylic acids is 1. The van der Waals surface area contributed by atoms with Crippen molar-refractivity contribution in [2.45, 2.75) is 38.5 Å². The highest BCUT2D eigenvalue weighted by atomic mass is 16.5. The molecule has 0 bridgehead atoms. The number of rotatable bonds is 3. The molecule has 0 unspecified atom stereocenters. The van der Waals surface area contributed by atoms with Gasteiger partial charge in [-0.25, -0.2) is 4.79 Å². The Hall–Kier alpha value is -2.55. The second-order valence-electron chi connectivity index (χ2n) is 7.52. The normalized spacial score (nSPS) is 16.9. The summed E-state index contributed by atoms with van der Waals surface area (Å²) in [6.45, 7) is 2.33. The van der Waals surface area contributed by atoms with Crippen LogP contribution >= 0.6 is 0 Å². The highest BCUT2D eigenvalue weighted by Gasteiger charge is 2.16. The predicted octanol–water partition coefficient (Wildman–Crippen LogP) is 5.24. The molecule has 0 radical (unpaired) electrons. The van der Waals surface area contributed by atoms with Crippen molar-refractivity contribution in [2.24, 2.45) is 0 Å². The first-order valence-electron chi connectivity index (χ1n) is 10.0. The van der Waals surface area contributed by atoms with Crippen LogP contribution in [0.1, 0.15) is 43.2 Å². The molecule has 1 fully saturated rings. The van der Waals surface area contributed by atoms with Crippen LogP contribution in [0.2, 0.25) is 0 Å². The maximum atomic E-state index is 12.0. The van der Waals surface area contributed by atoms with E-state index in [1.54, 1.807) is 0 Å². The fourth-order valence-electron chi connectivity index (χ4n) is 4.17. The molecule has 0 atom stereocenters. The van der Waals surface area contributed by atoms with Crippen molar-refractivity contribution in [3.63, 3.8) is 0 Å². The monoisotopic (exact) mass is 361 g/mol. The zero-order valence-electron chi connectivity index (χ0n) is 16.0. The van der Waals surface area contributed by atoms with E-state index in [1.807, 2.05) is 6.08 Å². The number of anilines is 1. The molecule has 2 aromatic rings. The lowest BCUT2D eigenvalue weighted by molar-refractivity contribution is -0.136. The number of fused-ring (bicyclic) bond motifs is 1. The topological polar surface area (TPSA) is 29.5 Å². The molecule has 0 amide bonds. The molecular weight excluding hydrogens is 334 g/mol. The molecule has 2 aliphatic rings. The van der Waals surface area contributed by atoms with Gasteiger partial charge >= 0.3 is 5.97 Å². The molecule has 4 rings (SSSR count). The molecular formula is C24H27NO2. The third-order valence-corrected chi connectivity index (χ3v) is 5.74. The van der Waals surface area contributed by atoms with Crippen LogP contribution in [0.15, 0.2) is 48.0 Å². The molecule has 3 nitrogen and oxygen atoms in total. The molecule has 27 heavy (non-hydrogen) atoms. The molecule has 3 heteroatoms. The number of ether oxygens (including phenoxy) is 1. The van der Waals surface area contributed by atoms with E-state index in [-0.39, 0.29) is 5.97 Å². The van der Waals surface area contributed by atoms with E-state index >= 15 is 0 Å². The standard InChI is InChI=1S/C24H27NO2/c1-27-24(26)21-7-5-6-18-8-9-20(16-22(18)17-21)19-10-12-23(13-11-19)25-14-3-2-4-15-25/h8-13,16-17H,2-7,14-15H2,1H3. The third-order valence-electron chi connectivity index (χ3n) is 5.74. The van der Waals surface area contributed by atoms with Crippen LogP contribution in [0.5, 0.6) is 0 Å². The number of nitrogens with zero attached hydrogens (tertiary/aromatic N) is 1. The molecule has 140 valence electrons. The summed E-state index contributed by atoms with van der Waals surface area (Å²) in [6.07, 6.45) is 8.72. The zero-order valence-corrected chi connectivity index (χ0v) is 16.0. The van der Waals surface area contributed by atoms with Gasteiger partial charge in [-0.3, -0.25) is 0 Å². The smallest absolute Gasteiger partial charge is 0.333 e. The van der Waals surface area contributed by atoms with Crippen LogP contribution in [-0.4, -0.2) is 26.2 Å². The molecule has 0 aromatic heterocycles. The first kappa shape index (κ1) is 17.8. The van der Waals surface area contributed by atoms with Crippen molar-refractivity contribution in [2.75, 3.05) is 25.1 Å².